The van der Waals surface area contributed by atoms with Gasteiger partial charge in [-0.25, -0.2) is 0 Å². The lowest BCUT2D eigenvalue weighted by Crippen LogP contribution is -2.70. The first-order valence-electron chi connectivity index (χ1n) is 29.6. The molecule has 2 amide bonds. The van der Waals surface area contributed by atoms with Gasteiger partial charge in [-0.15, -0.1) is 0 Å². The van der Waals surface area contributed by atoms with Crippen molar-refractivity contribution < 1.29 is 193 Å². The second kappa shape index (κ2) is 33.8. The van der Waals surface area contributed by atoms with E-state index in [0.717, 1.165) is 13.8 Å². The largest absolute Gasteiger partial charge is 0.394 e. The van der Waals surface area contributed by atoms with Crippen LogP contribution >= 0.6 is 0 Å². The zero-order valence-electron chi connectivity index (χ0n) is 50.1. The minimum Gasteiger partial charge on any atom is -0.394 e. The number of nitrogens with one attached hydrogen (secondary N) is 2. The molecule has 0 radical (unpaired) electrons. The third kappa shape index (κ3) is 17.3. The topological polar surface area (TPSA) is 650 Å². The molecule has 540 valence electrons. The van der Waals surface area contributed by atoms with Crippen molar-refractivity contribution in [1.82, 2.24) is 10.6 Å². The first-order valence-corrected chi connectivity index (χ1v) is 29.6. The molecule has 7 saturated heterocycles. The summed E-state index contributed by atoms with van der Waals surface area (Å²) in [5.41, 5.74) is 0. The molecule has 0 aromatic heterocycles. The summed E-state index contributed by atoms with van der Waals surface area (Å²) in [6.45, 7) is -2.08. The third-order valence-corrected chi connectivity index (χ3v) is 17.0. The molecule has 7 aliphatic heterocycles. The molecule has 93 heavy (non-hydrogen) atoms. The van der Waals surface area contributed by atoms with Crippen molar-refractivity contribution in [3.8, 4) is 0 Å². The van der Waals surface area contributed by atoms with Gasteiger partial charge in [-0.3, -0.25) is 9.59 Å². The number of amides is 2. The van der Waals surface area contributed by atoms with Gasteiger partial charge in [0.2, 0.25) is 11.8 Å². The minimum atomic E-state index is -2.36. The lowest BCUT2D eigenvalue weighted by atomic mass is 9.90. The second-order valence-corrected chi connectivity index (χ2v) is 23.5. The fourth-order valence-electron chi connectivity index (χ4n) is 11.6. The monoisotopic (exact) mass is 1360 g/mol. The fourth-order valence-corrected chi connectivity index (χ4v) is 11.6. The molecule has 0 saturated carbocycles. The highest BCUT2D eigenvalue weighted by atomic mass is 16.8. The molecule has 0 aromatic rings. The second-order valence-electron chi connectivity index (χ2n) is 23.5. The van der Waals surface area contributed by atoms with E-state index in [0.29, 0.717) is 0 Å². The standard InChI is InChI=1S/C52H88N2O39/c1-12-39(87-48-23(53-14(3)61)42(29(69)20(9-59)82-48)90-52-44(34(74)28(68)19(8-58)84-52)92-49-36(76)31(71)25(65)13(2)81-49)30(70)22(86-46(12)88-40(17(64)6-56)26(66)16(63)5-55)11-80-47-24(54-15(4)62)43(91-51-38(78)33(73)35(75)45(79)93-51)41(21(10-60)85-47)89-50-37(77)32(72)27(67)18(7-57)83-50/h5,12-13,16-52,56-60,63-79H,6-11H2,1-4H3,(H,53,61)(H,54,62). The van der Waals surface area contributed by atoms with Crippen molar-refractivity contribution in [2.75, 3.05) is 39.6 Å². The Morgan fingerprint density at radius 1 is 0.430 bits per heavy atom. The first kappa shape index (κ1) is 77.5. The third-order valence-electron chi connectivity index (χ3n) is 17.0. The normalized spacial score (nSPS) is 48.0. The van der Waals surface area contributed by atoms with E-state index in [-0.39, 0.29) is 6.29 Å². The van der Waals surface area contributed by atoms with E-state index in [2.05, 4.69) is 10.6 Å². The summed E-state index contributed by atoms with van der Waals surface area (Å²) in [5.74, 6) is -3.40. The first-order chi connectivity index (χ1) is 43.9. The van der Waals surface area contributed by atoms with Gasteiger partial charge in [0, 0.05) is 19.8 Å². The predicted molar refractivity (Wildman–Crippen MR) is 286 cm³/mol. The number of carbonyl (C=O) groups is 3. The Labute approximate surface area is 527 Å². The molecule has 0 aliphatic carbocycles. The van der Waals surface area contributed by atoms with Crippen LogP contribution in [-0.2, 0) is 80.7 Å². The van der Waals surface area contributed by atoms with Crippen molar-refractivity contribution in [2.45, 2.75) is 261 Å². The summed E-state index contributed by atoms with van der Waals surface area (Å²) in [6, 6.07) is -3.79. The highest BCUT2D eigenvalue weighted by molar-refractivity contribution is 5.73. The van der Waals surface area contributed by atoms with Crippen molar-refractivity contribution in [2.24, 2.45) is 5.92 Å². The number of aliphatic hydroxyl groups excluding tert-OH is 22. The van der Waals surface area contributed by atoms with Crippen LogP contribution in [0.15, 0.2) is 0 Å². The minimum absolute atomic E-state index is 0.154. The molecule has 0 bridgehead atoms. The molecule has 0 aromatic carbocycles. The summed E-state index contributed by atoms with van der Waals surface area (Å²) in [5, 5.41) is 242. The van der Waals surface area contributed by atoms with E-state index in [4.69, 9.17) is 66.3 Å². The van der Waals surface area contributed by atoms with Crippen LogP contribution in [0.25, 0.3) is 0 Å². The average molecular weight is 1370 g/mol. The molecule has 7 fully saturated rings. The number of aldehydes is 1. The number of rotatable bonds is 26. The van der Waals surface area contributed by atoms with E-state index in [1.807, 2.05) is 0 Å². The van der Waals surface area contributed by atoms with E-state index < -0.39 is 291 Å². The van der Waals surface area contributed by atoms with E-state index in [1.54, 1.807) is 0 Å². The SMILES string of the molecule is CC(=O)NC1C(OC2C(C)C(OC(C(O)CO)C(O)C(O)C=O)OC(COC3OC(CO)C(OC4OC(CO)C(O)C(O)C4O)C(OC4OC(O)C(O)C(O)C4O)C3NC(C)=O)C2O)OC(CO)C(O)C1OC1OC(CO)C(O)C(O)C1OC1OC(C)C(O)C(O)C1O. The summed E-state index contributed by atoms with van der Waals surface area (Å²) < 4.78 is 83.0. The van der Waals surface area contributed by atoms with Gasteiger partial charge in [0.25, 0.3) is 0 Å². The maximum atomic E-state index is 13.2. The fraction of sp³-hybridized carbons (Fsp3) is 0.942. The highest BCUT2D eigenvalue weighted by Gasteiger charge is 2.59. The van der Waals surface area contributed by atoms with Crippen LogP contribution in [0, 0.1) is 5.92 Å². The molecule has 7 aliphatic rings. The van der Waals surface area contributed by atoms with Gasteiger partial charge in [-0.2, -0.15) is 0 Å². The number of ether oxygens (including phenoxy) is 14. The molecular formula is C52H88N2O39. The molecule has 7 rings (SSSR count). The number of aliphatic hydroxyl groups is 22. The van der Waals surface area contributed by atoms with Crippen LogP contribution < -0.4 is 10.6 Å². The Morgan fingerprint density at radius 3 is 1.42 bits per heavy atom. The number of hydrogen-bond acceptors (Lipinski definition) is 39. The zero-order valence-corrected chi connectivity index (χ0v) is 50.1. The number of hydrogen-bond donors (Lipinski definition) is 24. The average Bonchev–Trinajstić information content (AvgIpc) is 0.835. The Morgan fingerprint density at radius 2 is 0.860 bits per heavy atom. The zero-order chi connectivity index (χ0) is 68.9. The van der Waals surface area contributed by atoms with Crippen molar-refractivity contribution in [3.63, 3.8) is 0 Å². The smallest absolute Gasteiger partial charge is 0.217 e. The lowest BCUT2D eigenvalue weighted by molar-refractivity contribution is -0.391. The lowest BCUT2D eigenvalue weighted by Gasteiger charge is -2.51. The Bertz CT molecular complexity index is 2330. The summed E-state index contributed by atoms with van der Waals surface area (Å²) in [4.78, 5) is 38.1. The van der Waals surface area contributed by atoms with Crippen molar-refractivity contribution in [1.29, 1.82) is 0 Å². The molecular weight excluding hydrogens is 1280 g/mol. The number of carbonyl (C=O) groups excluding carboxylic acids is 3. The summed E-state index contributed by atoms with van der Waals surface area (Å²) >= 11 is 0. The van der Waals surface area contributed by atoms with E-state index >= 15 is 0 Å². The van der Waals surface area contributed by atoms with Crippen LogP contribution in [0.2, 0.25) is 0 Å². The summed E-state index contributed by atoms with van der Waals surface area (Å²) in [7, 11) is 0. The van der Waals surface area contributed by atoms with Crippen molar-refractivity contribution in [3.05, 3.63) is 0 Å². The molecule has 7 heterocycles. The molecule has 39 atom stereocenters. The van der Waals surface area contributed by atoms with Crippen LogP contribution in [0.5, 0.6) is 0 Å². The Kier molecular flexibility index (Phi) is 28.2. The molecule has 41 nitrogen and oxygen atoms in total. The van der Waals surface area contributed by atoms with Gasteiger partial charge in [0.15, 0.2) is 56.6 Å². The Hall–Kier alpha value is -2.83. The molecule has 0 spiro atoms. The van der Waals surface area contributed by atoms with Crippen LogP contribution in [0.3, 0.4) is 0 Å². The maximum absolute atomic E-state index is 13.2. The van der Waals surface area contributed by atoms with Crippen molar-refractivity contribution >= 4 is 18.1 Å². The maximum Gasteiger partial charge on any atom is 0.217 e. The van der Waals surface area contributed by atoms with Gasteiger partial charge in [0.1, 0.15) is 171 Å². The summed E-state index contributed by atoms with van der Waals surface area (Å²) in [6.07, 6.45) is -72.7. The van der Waals surface area contributed by atoms with E-state index in [9.17, 15) is 127 Å². The quantitative estimate of drug-likeness (QED) is 0.0358. The van der Waals surface area contributed by atoms with Gasteiger partial charge >= 0.3 is 0 Å². The van der Waals surface area contributed by atoms with Gasteiger partial charge in [-0.1, -0.05) is 6.92 Å². The molecule has 24 N–H and O–H groups in total. The van der Waals surface area contributed by atoms with E-state index in [1.165, 1.54) is 13.8 Å². The van der Waals surface area contributed by atoms with Gasteiger partial charge in [0.05, 0.1) is 51.8 Å². The predicted octanol–water partition coefficient (Wildman–Crippen LogP) is -16.1. The molecule has 41 heteroatoms. The van der Waals surface area contributed by atoms with Crippen LogP contribution in [0.1, 0.15) is 27.7 Å². The van der Waals surface area contributed by atoms with Gasteiger partial charge < -0.3 is 194 Å². The van der Waals surface area contributed by atoms with Crippen LogP contribution in [0.4, 0.5) is 0 Å². The Balaban J connectivity index is 1.25. The highest BCUT2D eigenvalue weighted by Crippen LogP contribution is 2.39. The van der Waals surface area contributed by atoms with Crippen LogP contribution in [-0.4, -0.2) is 403 Å². The molecule has 39 unspecified atom stereocenters. The van der Waals surface area contributed by atoms with Gasteiger partial charge in [-0.05, 0) is 6.92 Å².